The quantitative estimate of drug-likeness (QED) is 0.466. The van der Waals surface area contributed by atoms with Gasteiger partial charge in [0.05, 0.1) is 29.8 Å². The van der Waals surface area contributed by atoms with Gasteiger partial charge in [-0.1, -0.05) is 0 Å². The van der Waals surface area contributed by atoms with E-state index < -0.39 is 5.97 Å². The van der Waals surface area contributed by atoms with E-state index in [4.69, 9.17) is 15.2 Å². The van der Waals surface area contributed by atoms with Crippen molar-refractivity contribution in [2.75, 3.05) is 26.9 Å². The van der Waals surface area contributed by atoms with Gasteiger partial charge < -0.3 is 25.3 Å². The fraction of sp³-hybridized carbons (Fsp3) is 0.375. The van der Waals surface area contributed by atoms with Gasteiger partial charge in [-0.25, -0.2) is 4.79 Å². The van der Waals surface area contributed by atoms with Gasteiger partial charge >= 0.3 is 5.97 Å². The molecule has 3 aromatic heterocycles. The summed E-state index contributed by atoms with van der Waals surface area (Å²) in [6.07, 6.45) is 8.54. The van der Waals surface area contributed by atoms with Gasteiger partial charge in [0.15, 0.2) is 0 Å². The number of aromatic nitrogens is 3. The lowest BCUT2D eigenvalue weighted by molar-refractivity contribution is 0.0694. The van der Waals surface area contributed by atoms with E-state index in [2.05, 4.69) is 15.0 Å². The maximum absolute atomic E-state index is 12.2. The largest absolute Gasteiger partial charge is 0.490 e. The molecule has 0 aromatic carbocycles. The van der Waals surface area contributed by atoms with Gasteiger partial charge in [0.1, 0.15) is 12.4 Å². The van der Waals surface area contributed by atoms with Crippen LogP contribution in [0.15, 0.2) is 30.7 Å². The summed E-state index contributed by atoms with van der Waals surface area (Å²) in [5.74, 6) is -0.242. The van der Waals surface area contributed by atoms with Crippen molar-refractivity contribution >= 4 is 5.97 Å². The molecule has 1 fully saturated rings. The molecule has 1 saturated carbocycles. The highest BCUT2D eigenvalue weighted by atomic mass is 16.5. The first-order chi connectivity index (χ1) is 15.6. The topological polar surface area (TPSA) is 123 Å². The van der Waals surface area contributed by atoms with Crippen LogP contribution in [0, 0.1) is 0 Å². The van der Waals surface area contributed by atoms with E-state index >= 15 is 0 Å². The molecule has 0 unspecified atom stereocenters. The van der Waals surface area contributed by atoms with Crippen LogP contribution in [0.5, 0.6) is 5.75 Å². The zero-order valence-electron chi connectivity index (χ0n) is 18.0. The maximum Gasteiger partial charge on any atom is 0.337 e. The molecule has 2 aliphatic carbocycles. The highest BCUT2D eigenvalue weighted by Gasteiger charge is 2.48. The average Bonchev–Trinajstić information content (AvgIpc) is 3.50. The van der Waals surface area contributed by atoms with Crippen molar-refractivity contribution in [3.05, 3.63) is 53.1 Å². The lowest BCUT2D eigenvalue weighted by Gasteiger charge is -2.17. The number of H-pyrrole nitrogens is 1. The summed E-state index contributed by atoms with van der Waals surface area (Å²) >= 11 is 0. The van der Waals surface area contributed by atoms with Crippen LogP contribution in [0.2, 0.25) is 0 Å². The highest BCUT2D eigenvalue weighted by Crippen LogP contribution is 2.51. The Kier molecular flexibility index (Phi) is 5.19. The summed E-state index contributed by atoms with van der Waals surface area (Å²) in [6.45, 7) is 1.38. The number of pyridine rings is 2. The standard InChI is InChI=1S/C24H26N4O4/c1-31-6-7-32-16-8-15(10-26-12-16)19-9-18-14(11-27-19)2-3-17-20(23(29)30)22(28-21(17)18)24(13-25)4-5-24/h8-12,28H,2-7,13,25H2,1H3,(H,29,30). The van der Waals surface area contributed by atoms with Crippen LogP contribution in [0.4, 0.5) is 0 Å². The number of aryl methyl sites for hydroxylation is 1. The number of nitrogens with one attached hydrogen (secondary N) is 1. The minimum Gasteiger partial charge on any atom is -0.490 e. The Morgan fingerprint density at radius 3 is 2.78 bits per heavy atom. The molecule has 2 aliphatic rings. The number of aromatic amines is 1. The molecule has 0 aliphatic heterocycles. The van der Waals surface area contributed by atoms with E-state index in [1.165, 1.54) is 0 Å². The van der Waals surface area contributed by atoms with Crippen LogP contribution in [0.1, 0.15) is 40.0 Å². The predicted molar refractivity (Wildman–Crippen MR) is 119 cm³/mol. The first-order valence-corrected chi connectivity index (χ1v) is 10.8. The number of hydrogen-bond donors (Lipinski definition) is 3. The molecular formula is C24H26N4O4. The van der Waals surface area contributed by atoms with Crippen LogP contribution >= 0.6 is 0 Å². The van der Waals surface area contributed by atoms with Gasteiger partial charge in [-0.3, -0.25) is 9.97 Å². The van der Waals surface area contributed by atoms with Crippen molar-refractivity contribution < 1.29 is 19.4 Å². The van der Waals surface area contributed by atoms with E-state index in [-0.39, 0.29) is 5.41 Å². The van der Waals surface area contributed by atoms with Crippen molar-refractivity contribution in [2.45, 2.75) is 31.1 Å². The number of rotatable bonds is 8. The van der Waals surface area contributed by atoms with Crippen molar-refractivity contribution in [3.8, 4) is 28.3 Å². The van der Waals surface area contributed by atoms with Crippen molar-refractivity contribution in [3.63, 3.8) is 0 Å². The monoisotopic (exact) mass is 434 g/mol. The summed E-state index contributed by atoms with van der Waals surface area (Å²) in [5.41, 5.74) is 12.4. The van der Waals surface area contributed by atoms with Gasteiger partial charge in [0.25, 0.3) is 0 Å². The molecule has 8 nitrogen and oxygen atoms in total. The molecule has 3 heterocycles. The van der Waals surface area contributed by atoms with Gasteiger partial charge in [0, 0.05) is 48.3 Å². The average molecular weight is 434 g/mol. The molecule has 0 atom stereocenters. The maximum atomic E-state index is 12.2. The lowest BCUT2D eigenvalue weighted by Crippen LogP contribution is -2.23. The summed E-state index contributed by atoms with van der Waals surface area (Å²) in [4.78, 5) is 24.6. The van der Waals surface area contributed by atoms with Crippen molar-refractivity contribution in [1.29, 1.82) is 0 Å². The van der Waals surface area contributed by atoms with E-state index in [0.717, 1.165) is 58.6 Å². The van der Waals surface area contributed by atoms with Crippen LogP contribution in [-0.2, 0) is 23.0 Å². The summed E-state index contributed by atoms with van der Waals surface area (Å²) < 4.78 is 10.7. The normalized spacial score (nSPS) is 15.7. The number of fused-ring (bicyclic) bond motifs is 3. The van der Waals surface area contributed by atoms with Crippen LogP contribution in [0.25, 0.3) is 22.5 Å². The molecule has 0 spiro atoms. The third-order valence-electron chi connectivity index (χ3n) is 6.56. The van der Waals surface area contributed by atoms with Crippen LogP contribution in [0.3, 0.4) is 0 Å². The number of methoxy groups -OCH3 is 1. The van der Waals surface area contributed by atoms with Gasteiger partial charge in [-0.15, -0.1) is 0 Å². The summed E-state index contributed by atoms with van der Waals surface area (Å²) in [7, 11) is 1.63. The second-order valence-electron chi connectivity index (χ2n) is 8.50. The molecule has 8 heteroatoms. The van der Waals surface area contributed by atoms with Crippen LogP contribution in [-0.4, -0.2) is 52.9 Å². The fourth-order valence-corrected chi connectivity index (χ4v) is 4.57. The molecular weight excluding hydrogens is 408 g/mol. The number of nitrogens with two attached hydrogens (primary N) is 1. The first kappa shape index (κ1) is 20.7. The zero-order valence-corrected chi connectivity index (χ0v) is 18.0. The van der Waals surface area contributed by atoms with E-state index in [9.17, 15) is 9.90 Å². The minimum atomic E-state index is -0.889. The molecule has 4 N–H and O–H groups in total. The number of carbonyl (C=O) groups is 1. The fourth-order valence-electron chi connectivity index (χ4n) is 4.57. The zero-order chi connectivity index (χ0) is 22.3. The Balaban J connectivity index is 1.56. The molecule has 32 heavy (non-hydrogen) atoms. The number of ether oxygens (including phenoxy) is 2. The molecule has 0 amide bonds. The Morgan fingerprint density at radius 2 is 2.06 bits per heavy atom. The number of nitrogens with zero attached hydrogens (tertiary/aromatic N) is 2. The molecule has 3 aromatic rings. The Bertz CT molecular complexity index is 1180. The van der Waals surface area contributed by atoms with E-state index in [1.54, 1.807) is 19.5 Å². The number of carboxylic acids is 1. The molecule has 0 radical (unpaired) electrons. The van der Waals surface area contributed by atoms with Gasteiger partial charge in [-0.05, 0) is 48.9 Å². The second kappa shape index (κ2) is 8.03. The Morgan fingerprint density at radius 1 is 1.22 bits per heavy atom. The number of aromatic carboxylic acids is 1. The van der Waals surface area contributed by atoms with E-state index in [1.807, 2.05) is 18.3 Å². The Hall–Kier alpha value is -3.23. The summed E-state index contributed by atoms with van der Waals surface area (Å²) in [5, 5.41) is 9.99. The SMILES string of the molecule is COCCOc1cncc(-c2cc3c(cn2)CCc2c-3[nH]c(C3(CN)CC3)c2C(=O)O)c1. The smallest absolute Gasteiger partial charge is 0.337 e. The van der Waals surface area contributed by atoms with Gasteiger partial charge in [-0.2, -0.15) is 0 Å². The lowest BCUT2D eigenvalue weighted by atomic mass is 9.87. The third kappa shape index (κ3) is 3.45. The highest BCUT2D eigenvalue weighted by molar-refractivity contribution is 5.95. The molecule has 166 valence electrons. The van der Waals surface area contributed by atoms with Crippen molar-refractivity contribution in [2.24, 2.45) is 5.73 Å². The Labute approximate surface area is 185 Å². The van der Waals surface area contributed by atoms with Crippen molar-refractivity contribution in [1.82, 2.24) is 15.0 Å². The first-order valence-electron chi connectivity index (χ1n) is 10.8. The molecule has 5 rings (SSSR count). The summed E-state index contributed by atoms with van der Waals surface area (Å²) in [6, 6.07) is 3.91. The minimum absolute atomic E-state index is 0.237. The second-order valence-corrected chi connectivity index (χ2v) is 8.50. The van der Waals surface area contributed by atoms with E-state index in [0.29, 0.717) is 37.5 Å². The number of carboxylic acid groups (broad SMARTS) is 1. The van der Waals surface area contributed by atoms with Gasteiger partial charge in [0.2, 0.25) is 0 Å². The van der Waals surface area contributed by atoms with Crippen LogP contribution < -0.4 is 10.5 Å². The molecule has 0 saturated heterocycles. The number of hydrogen-bond acceptors (Lipinski definition) is 6. The predicted octanol–water partition coefficient (Wildman–Crippen LogP) is 2.95. The third-order valence-corrected chi connectivity index (χ3v) is 6.56. The molecule has 0 bridgehead atoms.